The van der Waals surface area contributed by atoms with Crippen LogP contribution in [0.15, 0.2) is 0 Å². The fraction of sp³-hybridized carbons (Fsp3) is 0.833. The maximum Gasteiger partial charge on any atom is 0.308 e. The summed E-state index contributed by atoms with van der Waals surface area (Å²) in [5.74, 6) is -1.57. The Balaban J connectivity index is 2.44. The average molecular weight is 258 g/mol. The molecule has 2 atom stereocenters. The summed E-state index contributed by atoms with van der Waals surface area (Å²) in [6.45, 7) is 0.648. The maximum atomic E-state index is 11.6. The summed E-state index contributed by atoms with van der Waals surface area (Å²) in [4.78, 5) is 22.8. The highest BCUT2D eigenvalue weighted by Gasteiger charge is 2.30. The van der Waals surface area contributed by atoms with E-state index < -0.39 is 11.9 Å². The highest BCUT2D eigenvalue weighted by molar-refractivity contribution is 5.79. The highest BCUT2D eigenvalue weighted by atomic mass is 16.5. The van der Waals surface area contributed by atoms with E-state index in [1.807, 2.05) is 0 Å². The van der Waals surface area contributed by atoms with Crippen molar-refractivity contribution in [2.24, 2.45) is 11.7 Å². The molecule has 1 aliphatic carbocycles. The van der Waals surface area contributed by atoms with Crippen molar-refractivity contribution in [1.29, 1.82) is 0 Å². The summed E-state index contributed by atoms with van der Waals surface area (Å²) >= 11 is 0. The lowest BCUT2D eigenvalue weighted by atomic mass is 9.95. The van der Waals surface area contributed by atoms with Crippen LogP contribution in [-0.2, 0) is 14.3 Å². The molecule has 1 rings (SSSR count). The lowest BCUT2D eigenvalue weighted by molar-refractivity contribution is -0.143. The van der Waals surface area contributed by atoms with Gasteiger partial charge in [-0.15, -0.1) is 0 Å². The third-order valence-electron chi connectivity index (χ3n) is 3.17. The Morgan fingerprint density at radius 3 is 2.67 bits per heavy atom. The summed E-state index contributed by atoms with van der Waals surface area (Å²) in [7, 11) is 0. The summed E-state index contributed by atoms with van der Waals surface area (Å²) in [5, 5.41) is 11.9. The Morgan fingerprint density at radius 1 is 1.28 bits per heavy atom. The van der Waals surface area contributed by atoms with Gasteiger partial charge in [-0.05, 0) is 12.8 Å². The average Bonchev–Trinajstić information content (AvgIpc) is 2.55. The molecule has 1 fully saturated rings. The smallest absolute Gasteiger partial charge is 0.308 e. The predicted octanol–water partition coefficient (Wildman–Crippen LogP) is 0.111. The first-order valence-electron chi connectivity index (χ1n) is 6.45. The number of nitrogens with two attached hydrogens (primary N) is 1. The second kappa shape index (κ2) is 8.05. The summed E-state index contributed by atoms with van der Waals surface area (Å²) in [6, 6.07) is -0.279. The Morgan fingerprint density at radius 2 is 2.00 bits per heavy atom. The zero-order chi connectivity index (χ0) is 13.4. The van der Waals surface area contributed by atoms with E-state index in [9.17, 15) is 9.59 Å². The minimum atomic E-state index is -0.829. The van der Waals surface area contributed by atoms with E-state index in [0.29, 0.717) is 19.6 Å². The number of rotatable bonds is 6. The molecule has 0 aromatic carbocycles. The van der Waals surface area contributed by atoms with Gasteiger partial charge in [0.25, 0.3) is 0 Å². The number of amides is 1. The van der Waals surface area contributed by atoms with Crippen molar-refractivity contribution in [2.45, 2.75) is 38.1 Å². The van der Waals surface area contributed by atoms with Crippen molar-refractivity contribution >= 4 is 11.9 Å². The van der Waals surface area contributed by atoms with Crippen LogP contribution in [0.4, 0.5) is 0 Å². The molecule has 6 nitrogen and oxygen atoms in total. The van der Waals surface area contributed by atoms with Gasteiger partial charge in [-0.3, -0.25) is 9.59 Å². The normalized spacial score (nSPS) is 24.3. The lowest BCUT2D eigenvalue weighted by Crippen LogP contribution is -2.44. The molecule has 104 valence electrons. The van der Waals surface area contributed by atoms with Crippen molar-refractivity contribution in [2.75, 3.05) is 19.8 Å². The van der Waals surface area contributed by atoms with Crippen molar-refractivity contribution < 1.29 is 19.4 Å². The predicted molar refractivity (Wildman–Crippen MR) is 66.0 cm³/mol. The quantitative estimate of drug-likeness (QED) is 0.463. The van der Waals surface area contributed by atoms with E-state index >= 15 is 0 Å². The zero-order valence-corrected chi connectivity index (χ0v) is 10.6. The Kier molecular flexibility index (Phi) is 6.67. The van der Waals surface area contributed by atoms with E-state index in [2.05, 4.69) is 5.32 Å². The Bertz CT molecular complexity index is 283. The zero-order valence-electron chi connectivity index (χ0n) is 10.6. The van der Waals surface area contributed by atoms with E-state index in [1.165, 1.54) is 0 Å². The van der Waals surface area contributed by atoms with Crippen LogP contribution in [0, 0.1) is 5.92 Å². The monoisotopic (exact) mass is 258 g/mol. The number of carboxylic acid groups (broad SMARTS) is 1. The molecular formula is C12H22N2O4. The van der Waals surface area contributed by atoms with Crippen LogP contribution in [0.5, 0.6) is 0 Å². The minimum absolute atomic E-state index is 0.0555. The van der Waals surface area contributed by atoms with Crippen LogP contribution >= 0.6 is 0 Å². The molecule has 4 N–H and O–H groups in total. The molecule has 0 heterocycles. The number of ether oxygens (including phenoxy) is 1. The van der Waals surface area contributed by atoms with Gasteiger partial charge in [-0.25, -0.2) is 0 Å². The summed E-state index contributed by atoms with van der Waals surface area (Å²) < 4.78 is 5.03. The van der Waals surface area contributed by atoms with Crippen LogP contribution in [0.2, 0.25) is 0 Å². The molecule has 0 spiro atoms. The van der Waals surface area contributed by atoms with Gasteiger partial charge in [0, 0.05) is 12.6 Å². The third kappa shape index (κ3) is 5.01. The van der Waals surface area contributed by atoms with E-state index in [-0.39, 0.29) is 18.6 Å². The maximum absolute atomic E-state index is 11.6. The van der Waals surface area contributed by atoms with Crippen LogP contribution in [-0.4, -0.2) is 42.8 Å². The van der Waals surface area contributed by atoms with E-state index in [1.54, 1.807) is 0 Å². The minimum Gasteiger partial charge on any atom is -0.481 e. The molecule has 18 heavy (non-hydrogen) atoms. The first-order chi connectivity index (χ1) is 8.65. The van der Waals surface area contributed by atoms with E-state index in [0.717, 1.165) is 25.7 Å². The molecule has 1 amide bonds. The summed E-state index contributed by atoms with van der Waals surface area (Å²) in [6.07, 6.45) is 4.24. The van der Waals surface area contributed by atoms with Crippen molar-refractivity contribution in [3.05, 3.63) is 0 Å². The molecule has 0 aromatic rings. The number of carbonyl (C=O) groups excluding carboxylic acids is 1. The van der Waals surface area contributed by atoms with Crippen LogP contribution in [0.3, 0.4) is 0 Å². The molecule has 0 aliphatic heterocycles. The second-order valence-corrected chi connectivity index (χ2v) is 4.60. The van der Waals surface area contributed by atoms with Gasteiger partial charge in [0.1, 0.15) is 6.61 Å². The van der Waals surface area contributed by atoms with Crippen molar-refractivity contribution in [3.8, 4) is 0 Å². The largest absolute Gasteiger partial charge is 0.481 e. The van der Waals surface area contributed by atoms with Gasteiger partial charge in [0.2, 0.25) is 5.91 Å². The number of nitrogens with one attached hydrogen (secondary N) is 1. The van der Waals surface area contributed by atoms with Gasteiger partial charge in [0.15, 0.2) is 0 Å². The number of hydrogen-bond donors (Lipinski definition) is 3. The molecule has 1 aliphatic rings. The summed E-state index contributed by atoms with van der Waals surface area (Å²) in [5.41, 5.74) is 5.25. The molecule has 1 saturated carbocycles. The van der Waals surface area contributed by atoms with Crippen LogP contribution in [0.25, 0.3) is 0 Å². The van der Waals surface area contributed by atoms with Gasteiger partial charge in [-0.1, -0.05) is 19.3 Å². The Labute approximate surface area is 107 Å². The lowest BCUT2D eigenvalue weighted by Gasteiger charge is -2.22. The fourth-order valence-corrected chi connectivity index (χ4v) is 2.27. The standard InChI is InChI=1S/C12H22N2O4/c13-6-7-18-8-11(15)14-10-5-3-1-2-4-9(10)12(16)17/h9-10H,1-8,13H2,(H,14,15)(H,16,17). The third-order valence-corrected chi connectivity index (χ3v) is 3.17. The first-order valence-corrected chi connectivity index (χ1v) is 6.45. The van der Waals surface area contributed by atoms with Gasteiger partial charge < -0.3 is 20.9 Å². The van der Waals surface area contributed by atoms with Crippen LogP contribution in [0.1, 0.15) is 32.1 Å². The van der Waals surface area contributed by atoms with Crippen molar-refractivity contribution in [1.82, 2.24) is 5.32 Å². The number of hydrogen-bond acceptors (Lipinski definition) is 4. The number of aliphatic carboxylic acids is 1. The topological polar surface area (TPSA) is 102 Å². The first kappa shape index (κ1) is 14.9. The molecule has 2 unspecified atom stereocenters. The molecular weight excluding hydrogens is 236 g/mol. The molecule has 0 saturated heterocycles. The molecule has 0 bridgehead atoms. The molecule has 0 radical (unpaired) electrons. The fourth-order valence-electron chi connectivity index (χ4n) is 2.27. The number of carbonyl (C=O) groups is 2. The van der Waals surface area contributed by atoms with Crippen LogP contribution < -0.4 is 11.1 Å². The molecule has 6 heteroatoms. The SMILES string of the molecule is NCCOCC(=O)NC1CCCCCC1C(=O)O. The van der Waals surface area contributed by atoms with Gasteiger partial charge >= 0.3 is 5.97 Å². The Hall–Kier alpha value is -1.14. The van der Waals surface area contributed by atoms with Crippen molar-refractivity contribution in [3.63, 3.8) is 0 Å². The highest BCUT2D eigenvalue weighted by Crippen LogP contribution is 2.23. The van der Waals surface area contributed by atoms with Gasteiger partial charge in [-0.2, -0.15) is 0 Å². The number of carboxylic acids is 1. The van der Waals surface area contributed by atoms with E-state index in [4.69, 9.17) is 15.6 Å². The molecule has 0 aromatic heterocycles. The second-order valence-electron chi connectivity index (χ2n) is 4.60. The van der Waals surface area contributed by atoms with Gasteiger partial charge in [0.05, 0.1) is 12.5 Å².